The van der Waals surface area contributed by atoms with Crippen LogP contribution in [-0.2, 0) is 6.42 Å². The molecule has 2 N–H and O–H groups in total. The lowest BCUT2D eigenvalue weighted by Gasteiger charge is -1.99. The van der Waals surface area contributed by atoms with Crippen molar-refractivity contribution in [2.24, 2.45) is 0 Å². The fourth-order valence-corrected chi connectivity index (χ4v) is 2.56. The number of carboxylic acids is 1. The topological polar surface area (TPSA) is 66.0 Å². The molecule has 0 atom stereocenters. The maximum atomic E-state index is 10.9. The van der Waals surface area contributed by atoms with Crippen molar-refractivity contribution in [1.29, 1.82) is 0 Å². The minimum absolute atomic E-state index is 0. The normalized spacial score (nSPS) is 10.6. The molecule has 1 aromatic carbocycles. The summed E-state index contributed by atoms with van der Waals surface area (Å²) >= 11 is 0. The SMILES string of the molecule is CCCCCCCCCc1nc2ccc(C(=O)O)cc2[nH]1.Cl. The number of fused-ring (bicyclic) bond motifs is 1. The van der Waals surface area contributed by atoms with E-state index in [0.29, 0.717) is 5.56 Å². The summed E-state index contributed by atoms with van der Waals surface area (Å²) in [6.45, 7) is 2.23. The van der Waals surface area contributed by atoms with Gasteiger partial charge in [-0.1, -0.05) is 45.4 Å². The van der Waals surface area contributed by atoms with Crippen molar-refractivity contribution in [2.45, 2.75) is 58.3 Å². The molecule has 2 aromatic rings. The number of aromatic carboxylic acids is 1. The smallest absolute Gasteiger partial charge is 0.335 e. The first kappa shape index (κ1) is 18.5. The van der Waals surface area contributed by atoms with Gasteiger partial charge < -0.3 is 10.1 Å². The van der Waals surface area contributed by atoms with Crippen LogP contribution in [0.25, 0.3) is 11.0 Å². The summed E-state index contributed by atoms with van der Waals surface area (Å²) in [5, 5.41) is 8.98. The number of halogens is 1. The Morgan fingerprint density at radius 2 is 1.82 bits per heavy atom. The number of nitrogens with one attached hydrogen (secondary N) is 1. The monoisotopic (exact) mass is 324 g/mol. The summed E-state index contributed by atoms with van der Waals surface area (Å²) < 4.78 is 0. The molecular formula is C17H25ClN2O2. The number of hydrogen-bond acceptors (Lipinski definition) is 2. The van der Waals surface area contributed by atoms with Crippen LogP contribution in [0.15, 0.2) is 18.2 Å². The zero-order chi connectivity index (χ0) is 15.1. The lowest BCUT2D eigenvalue weighted by molar-refractivity contribution is 0.0697. The van der Waals surface area contributed by atoms with Crippen LogP contribution in [0, 0.1) is 0 Å². The second-order valence-corrected chi connectivity index (χ2v) is 5.59. The second-order valence-electron chi connectivity index (χ2n) is 5.59. The molecule has 0 amide bonds. The molecule has 0 saturated heterocycles. The predicted octanol–water partition coefficient (Wildman–Crippen LogP) is 4.98. The summed E-state index contributed by atoms with van der Waals surface area (Å²) in [7, 11) is 0. The molecule has 0 spiro atoms. The Bertz CT molecular complexity index is 595. The number of carboxylic acid groups (broad SMARTS) is 1. The Balaban J connectivity index is 0.00000242. The standard InChI is InChI=1S/C17H24N2O2.ClH/c1-2-3-4-5-6-7-8-9-16-18-14-11-10-13(17(20)21)12-15(14)19-16;/h10-12H,2-9H2,1H3,(H,18,19)(H,20,21);1H. The van der Waals surface area contributed by atoms with Crippen LogP contribution >= 0.6 is 12.4 Å². The Kier molecular flexibility index (Phi) is 7.96. The molecule has 0 unspecified atom stereocenters. The van der Waals surface area contributed by atoms with Gasteiger partial charge in [-0.05, 0) is 24.6 Å². The number of aryl methyl sites for hydroxylation is 1. The van der Waals surface area contributed by atoms with Crippen molar-refractivity contribution in [2.75, 3.05) is 0 Å². The fraction of sp³-hybridized carbons (Fsp3) is 0.529. The zero-order valence-electron chi connectivity index (χ0n) is 13.1. The van der Waals surface area contributed by atoms with E-state index >= 15 is 0 Å². The summed E-state index contributed by atoms with van der Waals surface area (Å²) in [6, 6.07) is 5.02. The van der Waals surface area contributed by atoms with Gasteiger partial charge in [-0.15, -0.1) is 12.4 Å². The Morgan fingerprint density at radius 1 is 1.14 bits per heavy atom. The molecular weight excluding hydrogens is 300 g/mol. The molecule has 1 heterocycles. The summed E-state index contributed by atoms with van der Waals surface area (Å²) in [4.78, 5) is 18.7. The quantitative estimate of drug-likeness (QED) is 0.639. The third-order valence-electron chi connectivity index (χ3n) is 3.80. The van der Waals surface area contributed by atoms with Crippen LogP contribution in [0.5, 0.6) is 0 Å². The molecule has 4 nitrogen and oxygen atoms in total. The number of rotatable bonds is 9. The van der Waals surface area contributed by atoms with Gasteiger partial charge in [0.25, 0.3) is 0 Å². The molecule has 0 aliphatic rings. The first-order valence-corrected chi connectivity index (χ1v) is 7.92. The van der Waals surface area contributed by atoms with E-state index in [-0.39, 0.29) is 12.4 Å². The van der Waals surface area contributed by atoms with E-state index in [1.165, 1.54) is 38.5 Å². The number of carbonyl (C=O) groups is 1. The first-order valence-electron chi connectivity index (χ1n) is 7.92. The van der Waals surface area contributed by atoms with E-state index in [9.17, 15) is 4.79 Å². The van der Waals surface area contributed by atoms with Gasteiger partial charge in [0, 0.05) is 6.42 Å². The highest BCUT2D eigenvalue weighted by Crippen LogP contribution is 2.16. The van der Waals surface area contributed by atoms with Crippen molar-refractivity contribution in [1.82, 2.24) is 9.97 Å². The van der Waals surface area contributed by atoms with Gasteiger partial charge in [0.1, 0.15) is 5.82 Å². The fourth-order valence-electron chi connectivity index (χ4n) is 2.56. The molecule has 0 fully saturated rings. The molecule has 0 bridgehead atoms. The Labute approximate surface area is 137 Å². The zero-order valence-corrected chi connectivity index (χ0v) is 13.9. The van der Waals surface area contributed by atoms with Crippen LogP contribution in [-0.4, -0.2) is 21.0 Å². The molecule has 0 saturated carbocycles. The molecule has 0 aliphatic heterocycles. The van der Waals surface area contributed by atoms with Gasteiger partial charge in [0.15, 0.2) is 0 Å². The van der Waals surface area contributed by atoms with Gasteiger partial charge in [0.2, 0.25) is 0 Å². The highest BCUT2D eigenvalue weighted by molar-refractivity contribution is 5.92. The minimum Gasteiger partial charge on any atom is -0.478 e. The Hall–Kier alpha value is -1.55. The van der Waals surface area contributed by atoms with Gasteiger partial charge >= 0.3 is 5.97 Å². The number of unbranched alkanes of at least 4 members (excludes halogenated alkanes) is 6. The summed E-state index contributed by atoms with van der Waals surface area (Å²) in [6.07, 6.45) is 9.91. The van der Waals surface area contributed by atoms with Gasteiger partial charge in [-0.3, -0.25) is 0 Å². The van der Waals surface area contributed by atoms with E-state index < -0.39 is 5.97 Å². The number of benzene rings is 1. The molecule has 2 rings (SSSR count). The van der Waals surface area contributed by atoms with Gasteiger partial charge in [-0.2, -0.15) is 0 Å². The maximum Gasteiger partial charge on any atom is 0.335 e. The van der Waals surface area contributed by atoms with Gasteiger partial charge in [-0.25, -0.2) is 9.78 Å². The third kappa shape index (κ3) is 5.34. The van der Waals surface area contributed by atoms with E-state index in [0.717, 1.165) is 29.7 Å². The molecule has 5 heteroatoms. The van der Waals surface area contributed by atoms with E-state index in [1.807, 2.05) is 0 Å². The Morgan fingerprint density at radius 3 is 2.50 bits per heavy atom. The molecule has 0 aliphatic carbocycles. The second kappa shape index (κ2) is 9.46. The first-order chi connectivity index (χ1) is 10.2. The number of H-pyrrole nitrogens is 1. The molecule has 22 heavy (non-hydrogen) atoms. The molecule has 122 valence electrons. The number of nitrogens with zero attached hydrogens (tertiary/aromatic N) is 1. The lowest BCUT2D eigenvalue weighted by atomic mass is 10.1. The highest BCUT2D eigenvalue weighted by atomic mass is 35.5. The van der Waals surface area contributed by atoms with Crippen molar-refractivity contribution in [3.8, 4) is 0 Å². The van der Waals surface area contributed by atoms with Crippen LogP contribution in [0.4, 0.5) is 0 Å². The molecule has 0 radical (unpaired) electrons. The maximum absolute atomic E-state index is 10.9. The minimum atomic E-state index is -0.903. The average molecular weight is 325 g/mol. The van der Waals surface area contributed by atoms with Crippen molar-refractivity contribution in [3.05, 3.63) is 29.6 Å². The highest BCUT2D eigenvalue weighted by Gasteiger charge is 2.07. The molecule has 1 aromatic heterocycles. The summed E-state index contributed by atoms with van der Waals surface area (Å²) in [5.41, 5.74) is 1.96. The predicted molar refractivity (Wildman–Crippen MR) is 92.0 cm³/mol. The van der Waals surface area contributed by atoms with Crippen LogP contribution < -0.4 is 0 Å². The number of aromatic amines is 1. The van der Waals surface area contributed by atoms with Crippen molar-refractivity contribution < 1.29 is 9.90 Å². The van der Waals surface area contributed by atoms with Crippen LogP contribution in [0.2, 0.25) is 0 Å². The largest absolute Gasteiger partial charge is 0.478 e. The van der Waals surface area contributed by atoms with Crippen LogP contribution in [0.3, 0.4) is 0 Å². The van der Waals surface area contributed by atoms with E-state index in [4.69, 9.17) is 5.11 Å². The number of aromatic nitrogens is 2. The number of hydrogen-bond donors (Lipinski definition) is 2. The van der Waals surface area contributed by atoms with Crippen LogP contribution in [0.1, 0.15) is 68.1 Å². The summed E-state index contributed by atoms with van der Waals surface area (Å²) in [5.74, 6) is 0.0567. The third-order valence-corrected chi connectivity index (χ3v) is 3.80. The lowest BCUT2D eigenvalue weighted by Crippen LogP contribution is -1.94. The average Bonchev–Trinajstić information content (AvgIpc) is 2.88. The number of imidazole rings is 1. The van der Waals surface area contributed by atoms with Gasteiger partial charge in [0.05, 0.1) is 16.6 Å². The van der Waals surface area contributed by atoms with Crippen molar-refractivity contribution in [3.63, 3.8) is 0 Å². The van der Waals surface area contributed by atoms with E-state index in [1.54, 1.807) is 18.2 Å². The van der Waals surface area contributed by atoms with Crippen molar-refractivity contribution >= 4 is 29.4 Å². The van der Waals surface area contributed by atoms with E-state index in [2.05, 4.69) is 16.9 Å².